The second kappa shape index (κ2) is 15.5. The normalized spacial score (nSPS) is 14.1. The molecule has 30 heavy (non-hydrogen) atoms. The van der Waals surface area contributed by atoms with Crippen LogP contribution in [0.5, 0.6) is 0 Å². The van der Waals surface area contributed by atoms with E-state index in [0.29, 0.717) is 0 Å². The minimum absolute atomic E-state index is 0.289. The summed E-state index contributed by atoms with van der Waals surface area (Å²) in [7, 11) is 0. The molecule has 170 valence electrons. The lowest BCUT2D eigenvalue weighted by Gasteiger charge is -2.34. The number of piperidine rings is 1. The van der Waals surface area contributed by atoms with Crippen molar-refractivity contribution in [3.63, 3.8) is 0 Å². The first kappa shape index (κ1) is 26.7. The Hall–Kier alpha value is -1.33. The average Bonchev–Trinajstić information content (AvgIpc) is 3.08. The molecular formula is C25H43N3OS. The SMILES string of the molecule is CCCC(C)=O.CCCC(CCC)N1CCCCC1.Cc1cc2sc(C)nc2cn1. The summed E-state index contributed by atoms with van der Waals surface area (Å²) >= 11 is 1.72. The van der Waals surface area contributed by atoms with Crippen LogP contribution in [0, 0.1) is 13.8 Å². The number of likely N-dealkylation sites (tertiary alicyclic amines) is 1. The van der Waals surface area contributed by atoms with Gasteiger partial charge in [-0.1, -0.05) is 40.0 Å². The molecule has 0 aromatic carbocycles. The van der Waals surface area contributed by atoms with Crippen molar-refractivity contribution >= 4 is 27.3 Å². The molecule has 3 rings (SSSR count). The van der Waals surface area contributed by atoms with E-state index in [1.165, 1.54) is 62.7 Å². The van der Waals surface area contributed by atoms with Gasteiger partial charge in [-0.05, 0) is 72.0 Å². The van der Waals surface area contributed by atoms with Crippen molar-refractivity contribution in [2.45, 2.75) is 105 Å². The Morgan fingerprint density at radius 2 is 1.70 bits per heavy atom. The van der Waals surface area contributed by atoms with Crippen molar-refractivity contribution in [2.75, 3.05) is 13.1 Å². The van der Waals surface area contributed by atoms with Crippen molar-refractivity contribution in [3.8, 4) is 0 Å². The molecule has 0 N–H and O–H groups in total. The van der Waals surface area contributed by atoms with Gasteiger partial charge in [-0.2, -0.15) is 0 Å². The first-order valence-electron chi connectivity index (χ1n) is 11.8. The smallest absolute Gasteiger partial charge is 0.129 e. The standard InChI is InChI=1S/C12H25N.C8H8N2S.C5H10O/c1-3-8-12(9-4-2)13-10-6-5-7-11-13;1-5-3-8-7(4-9-5)10-6(2)11-8;1-3-4-5(2)6/h12H,3-11H2,1-2H3;3-4H,1-2H3;3-4H2,1-2H3. The second-order valence-electron chi connectivity index (χ2n) is 8.31. The number of Topliss-reactive ketones (excluding diaryl/α,β-unsaturated/α-hetero) is 1. The predicted octanol–water partition coefficient (Wildman–Crippen LogP) is 7.12. The minimum atomic E-state index is 0.289. The maximum atomic E-state index is 10.0. The van der Waals surface area contributed by atoms with Gasteiger partial charge in [0.15, 0.2) is 0 Å². The fourth-order valence-electron chi connectivity index (χ4n) is 3.86. The van der Waals surface area contributed by atoms with Crippen LogP contribution in [-0.4, -0.2) is 39.8 Å². The lowest BCUT2D eigenvalue weighted by atomic mass is 10.0. The molecule has 1 saturated heterocycles. The van der Waals surface area contributed by atoms with Gasteiger partial charge in [-0.15, -0.1) is 11.3 Å². The molecule has 3 heterocycles. The van der Waals surface area contributed by atoms with Crippen molar-refractivity contribution in [1.29, 1.82) is 0 Å². The summed E-state index contributed by atoms with van der Waals surface area (Å²) in [5, 5.41) is 1.10. The molecule has 0 bridgehead atoms. The van der Waals surface area contributed by atoms with E-state index >= 15 is 0 Å². The molecule has 4 nitrogen and oxygen atoms in total. The van der Waals surface area contributed by atoms with Crippen LogP contribution >= 0.6 is 11.3 Å². The number of rotatable bonds is 7. The second-order valence-corrected chi connectivity index (χ2v) is 9.54. The highest BCUT2D eigenvalue weighted by atomic mass is 32.1. The summed E-state index contributed by atoms with van der Waals surface area (Å²) in [6.07, 6.45) is 13.4. The zero-order chi connectivity index (χ0) is 22.4. The molecule has 0 atom stereocenters. The van der Waals surface area contributed by atoms with Crippen LogP contribution in [0.4, 0.5) is 0 Å². The Morgan fingerprint density at radius 3 is 2.20 bits per heavy atom. The van der Waals surface area contributed by atoms with Gasteiger partial charge in [-0.25, -0.2) is 4.98 Å². The molecule has 0 unspecified atom stereocenters. The number of thiazole rings is 1. The predicted molar refractivity (Wildman–Crippen MR) is 132 cm³/mol. The Balaban J connectivity index is 0.000000241. The van der Waals surface area contributed by atoms with E-state index in [1.807, 2.05) is 27.0 Å². The van der Waals surface area contributed by atoms with E-state index in [4.69, 9.17) is 0 Å². The average molecular weight is 434 g/mol. The highest BCUT2D eigenvalue weighted by molar-refractivity contribution is 7.18. The van der Waals surface area contributed by atoms with Crippen LogP contribution in [0.15, 0.2) is 12.3 Å². The van der Waals surface area contributed by atoms with Gasteiger partial charge in [0.25, 0.3) is 0 Å². The summed E-state index contributed by atoms with van der Waals surface area (Å²) in [5.74, 6) is 0.289. The number of aryl methyl sites for hydroxylation is 2. The molecule has 2 aromatic rings. The zero-order valence-electron chi connectivity index (χ0n) is 20.2. The number of carbonyl (C=O) groups is 1. The van der Waals surface area contributed by atoms with Gasteiger partial charge in [0, 0.05) is 18.2 Å². The minimum Gasteiger partial charge on any atom is -0.300 e. The summed E-state index contributed by atoms with van der Waals surface area (Å²) in [6, 6.07) is 2.97. The first-order chi connectivity index (χ1) is 14.4. The fraction of sp³-hybridized carbons (Fsp3) is 0.720. The Bertz CT molecular complexity index is 716. The van der Waals surface area contributed by atoms with Crippen LogP contribution < -0.4 is 0 Å². The molecule has 1 fully saturated rings. The quantitative estimate of drug-likeness (QED) is 0.466. The third-order valence-electron chi connectivity index (χ3n) is 5.27. The van der Waals surface area contributed by atoms with Crippen LogP contribution in [-0.2, 0) is 4.79 Å². The summed E-state index contributed by atoms with van der Waals surface area (Å²) in [6.45, 7) is 15.0. The third-order valence-corrected chi connectivity index (χ3v) is 6.20. The highest BCUT2D eigenvalue weighted by Crippen LogP contribution is 2.20. The highest BCUT2D eigenvalue weighted by Gasteiger charge is 2.18. The molecule has 0 aliphatic carbocycles. The third kappa shape index (κ3) is 10.6. The van der Waals surface area contributed by atoms with Crippen molar-refractivity contribution < 1.29 is 4.79 Å². The van der Waals surface area contributed by atoms with Crippen LogP contribution in [0.1, 0.15) is 96.2 Å². The van der Waals surface area contributed by atoms with Crippen LogP contribution in [0.25, 0.3) is 10.2 Å². The molecular weight excluding hydrogens is 390 g/mol. The van der Waals surface area contributed by atoms with Crippen molar-refractivity contribution in [3.05, 3.63) is 23.0 Å². The van der Waals surface area contributed by atoms with Gasteiger partial charge in [-0.3, -0.25) is 4.98 Å². The van der Waals surface area contributed by atoms with Crippen LogP contribution in [0.2, 0.25) is 0 Å². The molecule has 0 radical (unpaired) electrons. The van der Waals surface area contributed by atoms with E-state index in [0.717, 1.165) is 35.1 Å². The number of pyridine rings is 1. The number of hydrogen-bond donors (Lipinski definition) is 0. The molecule has 0 spiro atoms. The van der Waals surface area contributed by atoms with E-state index in [2.05, 4.69) is 34.8 Å². The molecule has 2 aromatic heterocycles. The Morgan fingerprint density at radius 1 is 1.07 bits per heavy atom. The monoisotopic (exact) mass is 433 g/mol. The number of nitrogens with zero attached hydrogens (tertiary/aromatic N) is 3. The number of fused-ring (bicyclic) bond motifs is 1. The molecule has 5 heteroatoms. The summed E-state index contributed by atoms with van der Waals surface area (Å²) in [5.41, 5.74) is 2.07. The van der Waals surface area contributed by atoms with Crippen molar-refractivity contribution in [1.82, 2.24) is 14.9 Å². The Kier molecular flexibility index (Phi) is 13.8. The zero-order valence-corrected chi connectivity index (χ0v) is 21.0. The maximum absolute atomic E-state index is 10.0. The first-order valence-corrected chi connectivity index (χ1v) is 12.7. The fourth-order valence-corrected chi connectivity index (χ4v) is 4.75. The van der Waals surface area contributed by atoms with Gasteiger partial charge in [0.2, 0.25) is 0 Å². The lowest BCUT2D eigenvalue weighted by molar-refractivity contribution is -0.117. The van der Waals surface area contributed by atoms with E-state index < -0.39 is 0 Å². The van der Waals surface area contributed by atoms with E-state index in [-0.39, 0.29) is 5.78 Å². The number of aromatic nitrogens is 2. The van der Waals surface area contributed by atoms with Crippen LogP contribution in [0.3, 0.4) is 0 Å². The lowest BCUT2D eigenvalue weighted by Crippen LogP contribution is -2.39. The topological polar surface area (TPSA) is 46.1 Å². The molecule has 1 aliphatic heterocycles. The molecule has 0 amide bonds. The summed E-state index contributed by atoms with van der Waals surface area (Å²) < 4.78 is 1.23. The van der Waals surface area contributed by atoms with Gasteiger partial charge in [0.05, 0.1) is 21.4 Å². The largest absolute Gasteiger partial charge is 0.300 e. The number of ketones is 1. The van der Waals surface area contributed by atoms with Gasteiger partial charge in [0.1, 0.15) is 5.78 Å². The summed E-state index contributed by atoms with van der Waals surface area (Å²) in [4.78, 5) is 21.3. The van der Waals surface area contributed by atoms with E-state index in [9.17, 15) is 4.79 Å². The van der Waals surface area contributed by atoms with Gasteiger partial charge >= 0.3 is 0 Å². The number of hydrogen-bond acceptors (Lipinski definition) is 5. The van der Waals surface area contributed by atoms with Gasteiger partial charge < -0.3 is 9.69 Å². The number of carbonyl (C=O) groups excluding carboxylic acids is 1. The molecule has 1 aliphatic rings. The maximum Gasteiger partial charge on any atom is 0.129 e. The Labute approximate surface area is 188 Å². The van der Waals surface area contributed by atoms with Crippen molar-refractivity contribution in [2.24, 2.45) is 0 Å². The molecule has 0 saturated carbocycles. The van der Waals surface area contributed by atoms with E-state index in [1.54, 1.807) is 18.3 Å².